The highest BCUT2D eigenvalue weighted by molar-refractivity contribution is 9.10. The molecule has 5 nitrogen and oxygen atoms in total. The lowest BCUT2D eigenvalue weighted by Crippen LogP contribution is -2.30. The van der Waals surface area contributed by atoms with Crippen molar-refractivity contribution in [2.45, 2.75) is 52.6 Å². The molecule has 1 aliphatic rings. The number of hydrogen-bond acceptors (Lipinski definition) is 4. The fourth-order valence-electron chi connectivity index (χ4n) is 4.61. The third-order valence-corrected chi connectivity index (χ3v) is 7.19. The molecule has 0 saturated heterocycles. The molecule has 5 rings (SSSR count). The summed E-state index contributed by atoms with van der Waals surface area (Å²) < 4.78 is 7.12. The van der Waals surface area contributed by atoms with Crippen LogP contribution in [0.15, 0.2) is 69.9 Å². The predicted molar refractivity (Wildman–Crippen MR) is 145 cm³/mol. The van der Waals surface area contributed by atoms with Gasteiger partial charge in [-0.1, -0.05) is 36.7 Å². The van der Waals surface area contributed by atoms with Gasteiger partial charge in [0.2, 0.25) is 11.4 Å². The van der Waals surface area contributed by atoms with Crippen LogP contribution in [0.25, 0.3) is 21.8 Å². The largest absolute Gasteiger partial charge is 0.474 e. The minimum absolute atomic E-state index is 0.0650. The molecule has 182 valence electrons. The van der Waals surface area contributed by atoms with E-state index < -0.39 is 0 Å². The maximum absolute atomic E-state index is 10.9. The third kappa shape index (κ3) is 6.57. The highest BCUT2D eigenvalue weighted by Gasteiger charge is 2.30. The zero-order chi connectivity index (χ0) is 25.0. The first-order valence-corrected chi connectivity index (χ1v) is 12.8. The molecule has 0 amide bonds. The zero-order valence-corrected chi connectivity index (χ0v) is 22.0. The summed E-state index contributed by atoms with van der Waals surface area (Å²) in [6, 6.07) is 18.5. The Hall–Kier alpha value is -2.99. The van der Waals surface area contributed by atoms with Gasteiger partial charge in [0, 0.05) is 33.1 Å². The van der Waals surface area contributed by atoms with Crippen molar-refractivity contribution in [3.05, 3.63) is 81.1 Å². The number of halogens is 1. The Labute approximate surface area is 214 Å². The molecule has 4 aromatic rings. The first kappa shape index (κ1) is 25.1. The second-order valence-electron chi connectivity index (χ2n) is 10.2. The number of aldehydes is 1. The van der Waals surface area contributed by atoms with Gasteiger partial charge < -0.3 is 9.72 Å². The van der Waals surface area contributed by atoms with Gasteiger partial charge in [0.25, 0.3) is 0 Å². The first-order valence-electron chi connectivity index (χ1n) is 12.0. The number of fused-ring (bicyclic) bond motifs is 2. The van der Waals surface area contributed by atoms with E-state index in [9.17, 15) is 9.59 Å². The molecular weight excluding hydrogens is 504 g/mol. The van der Waals surface area contributed by atoms with Gasteiger partial charge in [0.15, 0.2) is 0 Å². The fourth-order valence-corrected chi connectivity index (χ4v) is 4.99. The first-order chi connectivity index (χ1) is 16.7. The number of benzene rings is 2. The van der Waals surface area contributed by atoms with E-state index >= 15 is 0 Å². The molecule has 1 fully saturated rings. The van der Waals surface area contributed by atoms with Crippen LogP contribution < -0.4 is 10.3 Å². The number of aromatic amines is 1. The van der Waals surface area contributed by atoms with Crippen molar-refractivity contribution in [1.29, 1.82) is 0 Å². The Bertz CT molecular complexity index is 1380. The SMILES string of the molecule is CC(C)(C)C1CCC(Oc2ccc3cc(C=O)ccc3n2)CC1.O=c1ccc2cc(Br)ccc2[nH]1. The van der Waals surface area contributed by atoms with Crippen LogP contribution in [0.5, 0.6) is 5.88 Å². The molecule has 2 heterocycles. The summed E-state index contributed by atoms with van der Waals surface area (Å²) in [5.74, 6) is 1.48. The second kappa shape index (κ2) is 10.7. The van der Waals surface area contributed by atoms with E-state index in [1.165, 1.54) is 18.9 Å². The van der Waals surface area contributed by atoms with Gasteiger partial charge in [0.1, 0.15) is 12.4 Å². The van der Waals surface area contributed by atoms with Crippen molar-refractivity contribution in [3.8, 4) is 5.88 Å². The zero-order valence-electron chi connectivity index (χ0n) is 20.4. The maximum Gasteiger partial charge on any atom is 0.248 e. The van der Waals surface area contributed by atoms with Gasteiger partial charge >= 0.3 is 0 Å². The van der Waals surface area contributed by atoms with Crippen LogP contribution in [0, 0.1) is 11.3 Å². The molecule has 2 aromatic carbocycles. The molecular formula is C29H31BrN2O3. The molecule has 1 saturated carbocycles. The van der Waals surface area contributed by atoms with Crippen LogP contribution in [0.1, 0.15) is 56.8 Å². The number of aromatic nitrogens is 2. The lowest BCUT2D eigenvalue weighted by Gasteiger charge is -2.36. The molecule has 2 aromatic heterocycles. The van der Waals surface area contributed by atoms with E-state index in [1.807, 2.05) is 42.5 Å². The summed E-state index contributed by atoms with van der Waals surface area (Å²) in [5.41, 5.74) is 2.74. The summed E-state index contributed by atoms with van der Waals surface area (Å²) in [7, 11) is 0. The van der Waals surface area contributed by atoms with Crippen molar-refractivity contribution < 1.29 is 9.53 Å². The normalized spacial score (nSPS) is 18.1. The van der Waals surface area contributed by atoms with Gasteiger partial charge in [0.05, 0.1) is 5.52 Å². The average Bonchev–Trinajstić information content (AvgIpc) is 2.84. The summed E-state index contributed by atoms with van der Waals surface area (Å²) in [5, 5.41) is 2.00. The fraction of sp³-hybridized carbons (Fsp3) is 0.345. The number of hydrogen-bond donors (Lipinski definition) is 1. The van der Waals surface area contributed by atoms with Gasteiger partial charge in [-0.05, 0) is 90.9 Å². The molecule has 0 radical (unpaired) electrons. The van der Waals surface area contributed by atoms with Gasteiger partial charge in [-0.2, -0.15) is 0 Å². The van der Waals surface area contributed by atoms with Crippen molar-refractivity contribution in [1.82, 2.24) is 9.97 Å². The van der Waals surface area contributed by atoms with E-state index in [4.69, 9.17) is 4.74 Å². The molecule has 35 heavy (non-hydrogen) atoms. The maximum atomic E-state index is 10.9. The van der Waals surface area contributed by atoms with Gasteiger partial charge in [-0.3, -0.25) is 9.59 Å². The molecule has 1 aliphatic carbocycles. The molecule has 0 spiro atoms. The number of nitrogens with one attached hydrogen (secondary N) is 1. The van der Waals surface area contributed by atoms with Gasteiger partial charge in [-0.15, -0.1) is 0 Å². The topological polar surface area (TPSA) is 72.0 Å². The lowest BCUT2D eigenvalue weighted by molar-refractivity contribution is 0.0854. The Morgan fingerprint density at radius 2 is 1.69 bits per heavy atom. The quantitative estimate of drug-likeness (QED) is 0.279. The minimum Gasteiger partial charge on any atom is -0.474 e. The summed E-state index contributed by atoms with van der Waals surface area (Å²) in [6.45, 7) is 6.99. The molecule has 0 unspecified atom stereocenters. The molecule has 0 bridgehead atoms. The highest BCUT2D eigenvalue weighted by Crippen LogP contribution is 2.38. The molecule has 6 heteroatoms. The number of ether oxygens (including phenoxy) is 1. The van der Waals surface area contributed by atoms with Crippen LogP contribution in [0.4, 0.5) is 0 Å². The number of nitrogens with zero attached hydrogens (tertiary/aromatic N) is 1. The van der Waals surface area contributed by atoms with E-state index in [2.05, 4.69) is 46.7 Å². The van der Waals surface area contributed by atoms with Crippen LogP contribution >= 0.6 is 15.9 Å². The van der Waals surface area contributed by atoms with E-state index in [0.29, 0.717) is 16.9 Å². The van der Waals surface area contributed by atoms with E-state index in [1.54, 1.807) is 12.1 Å². The summed E-state index contributed by atoms with van der Waals surface area (Å²) in [6.07, 6.45) is 5.79. The Morgan fingerprint density at radius 3 is 2.40 bits per heavy atom. The van der Waals surface area contributed by atoms with Crippen LogP contribution in [-0.4, -0.2) is 22.4 Å². The number of carbonyl (C=O) groups excluding carboxylic acids is 1. The monoisotopic (exact) mass is 534 g/mol. The summed E-state index contributed by atoms with van der Waals surface area (Å²) >= 11 is 3.36. The predicted octanol–water partition coefficient (Wildman–Crippen LogP) is 7.32. The highest BCUT2D eigenvalue weighted by atomic mass is 79.9. The second-order valence-corrected chi connectivity index (χ2v) is 11.1. The van der Waals surface area contributed by atoms with Crippen LogP contribution in [0.3, 0.4) is 0 Å². The molecule has 0 atom stereocenters. The number of rotatable bonds is 3. The Morgan fingerprint density at radius 1 is 0.943 bits per heavy atom. The van der Waals surface area contributed by atoms with Crippen molar-refractivity contribution >= 4 is 44.0 Å². The Balaban J connectivity index is 0.000000201. The van der Waals surface area contributed by atoms with Gasteiger partial charge in [-0.25, -0.2) is 4.98 Å². The van der Waals surface area contributed by atoms with E-state index in [-0.39, 0.29) is 11.7 Å². The van der Waals surface area contributed by atoms with Crippen LogP contribution in [-0.2, 0) is 0 Å². The van der Waals surface area contributed by atoms with E-state index in [0.717, 1.165) is 51.3 Å². The smallest absolute Gasteiger partial charge is 0.248 e. The summed E-state index contributed by atoms with van der Waals surface area (Å²) in [4.78, 5) is 29.0. The van der Waals surface area contributed by atoms with Crippen molar-refractivity contribution in [3.63, 3.8) is 0 Å². The third-order valence-electron chi connectivity index (χ3n) is 6.70. The molecule has 1 N–H and O–H groups in total. The number of carbonyl (C=O) groups is 1. The van der Waals surface area contributed by atoms with Crippen LogP contribution in [0.2, 0.25) is 0 Å². The minimum atomic E-state index is -0.0650. The standard InChI is InChI=1S/C20H25NO2.C9H6BrNO/c1-20(2,3)16-6-8-17(9-7-16)23-19-11-5-15-12-14(13-22)4-10-18(15)21-19;10-7-2-3-8-6(5-7)1-4-9(12)11-8/h4-5,10-13,16-17H,6-9H2,1-3H3;1-5H,(H,11,12). The number of pyridine rings is 2. The Kier molecular flexibility index (Phi) is 7.70. The average molecular weight is 535 g/mol. The lowest BCUT2D eigenvalue weighted by atomic mass is 9.72. The number of H-pyrrole nitrogens is 1. The van der Waals surface area contributed by atoms with Crippen molar-refractivity contribution in [2.24, 2.45) is 11.3 Å². The molecule has 0 aliphatic heterocycles. The van der Waals surface area contributed by atoms with Crippen molar-refractivity contribution in [2.75, 3.05) is 0 Å².